The van der Waals surface area contributed by atoms with E-state index in [1.165, 1.54) is 0 Å². The van der Waals surface area contributed by atoms with E-state index in [-0.39, 0.29) is 0 Å². The SMILES string of the molecule is [13CH3][13CH2][13CH2][15NH2]. The molecule has 2 N–H and O–H groups in total. The first-order valence-electron chi connectivity index (χ1n) is 1.62. The van der Waals surface area contributed by atoms with Gasteiger partial charge in [0.15, 0.2) is 0 Å². The molecule has 0 rings (SSSR count). The summed E-state index contributed by atoms with van der Waals surface area (Å²) >= 11 is 0. The van der Waals surface area contributed by atoms with Crippen LogP contribution in [0.25, 0.3) is 0 Å². The van der Waals surface area contributed by atoms with Gasteiger partial charge < -0.3 is 5.73 Å². The van der Waals surface area contributed by atoms with Crippen LogP contribution in [0.3, 0.4) is 0 Å². The first-order chi connectivity index (χ1) is 1.91. The van der Waals surface area contributed by atoms with E-state index in [0.29, 0.717) is 0 Å². The zero-order valence-corrected chi connectivity index (χ0v) is 2.99. The van der Waals surface area contributed by atoms with Gasteiger partial charge in [0.05, 0.1) is 0 Å². The van der Waals surface area contributed by atoms with Crippen molar-refractivity contribution in [2.75, 3.05) is 6.54 Å². The highest BCUT2D eigenvalue weighted by atomic mass is 15.5. The van der Waals surface area contributed by atoms with Crippen LogP contribution in [0, 0.1) is 0 Å². The fraction of sp³-hybridized carbons (Fsp3) is 1.00. The molecule has 0 bridgehead atoms. The van der Waals surface area contributed by atoms with Gasteiger partial charge in [-0.15, -0.1) is 0 Å². The topological polar surface area (TPSA) is 26.0 Å². The van der Waals surface area contributed by atoms with Crippen LogP contribution in [0.2, 0.25) is 0 Å². The van der Waals surface area contributed by atoms with Crippen molar-refractivity contribution < 1.29 is 0 Å². The molecule has 0 spiro atoms. The van der Waals surface area contributed by atoms with Crippen LogP contribution in [-0.4, -0.2) is 6.54 Å². The Morgan fingerprint density at radius 2 is 2.00 bits per heavy atom. The fourth-order valence-electron chi connectivity index (χ4n) is 0. The molecule has 0 radical (unpaired) electrons. The first-order valence-corrected chi connectivity index (χ1v) is 1.62. The van der Waals surface area contributed by atoms with Gasteiger partial charge in [-0.3, -0.25) is 0 Å². The van der Waals surface area contributed by atoms with Crippen molar-refractivity contribution in [2.24, 2.45) is 5.73 Å². The standard InChI is InChI=1S/C3H9N/c1-2-3-4/h2-4H2,1H3/i1+1,2+1,3+1,4+1. The lowest BCUT2D eigenvalue weighted by Crippen LogP contribution is -1.93. The van der Waals surface area contributed by atoms with Crippen LogP contribution in [-0.2, 0) is 0 Å². The fourth-order valence-corrected chi connectivity index (χ4v) is 0. The second kappa shape index (κ2) is 2.96. The molecule has 1 nitrogen and oxygen atoms in total. The first kappa shape index (κ1) is 3.96. The molecule has 0 aliphatic carbocycles. The molecule has 0 fully saturated rings. The van der Waals surface area contributed by atoms with Crippen LogP contribution >= 0.6 is 0 Å². The Kier molecular flexibility index (Phi) is 2.93. The largest absolute Gasteiger partial charge is 0.330 e. The third kappa shape index (κ3) is 1.96. The second-order valence-electron chi connectivity index (χ2n) is 0.789. The molecule has 26 valence electrons. The maximum Gasteiger partial charge on any atom is -0.00799 e. The van der Waals surface area contributed by atoms with Gasteiger partial charge in [-0.05, 0) is 13.0 Å². The lowest BCUT2D eigenvalue weighted by molar-refractivity contribution is 0.932. The average Bonchev–Trinajstić information content (AvgIpc) is 1.37. The Bertz CT molecular complexity index is 5.25. The van der Waals surface area contributed by atoms with Crippen molar-refractivity contribution in [1.82, 2.24) is 0 Å². The third-order valence-corrected chi connectivity index (χ3v) is 0.289. The van der Waals surface area contributed by atoms with E-state index in [1.54, 1.807) is 0 Å². The lowest BCUT2D eigenvalue weighted by Gasteiger charge is -1.70. The minimum Gasteiger partial charge on any atom is -0.330 e. The van der Waals surface area contributed by atoms with Gasteiger partial charge in [0, 0.05) is 0 Å². The molecule has 0 aliphatic heterocycles. The lowest BCUT2D eigenvalue weighted by atomic mass is 11.5. The van der Waals surface area contributed by atoms with Crippen molar-refractivity contribution in [3.8, 4) is 0 Å². The molecule has 0 aliphatic rings. The van der Waals surface area contributed by atoms with Crippen molar-refractivity contribution in [1.29, 1.82) is 0 Å². The van der Waals surface area contributed by atoms with Gasteiger partial charge in [0.1, 0.15) is 0 Å². The van der Waals surface area contributed by atoms with Crippen molar-refractivity contribution in [3.05, 3.63) is 0 Å². The zero-order valence-electron chi connectivity index (χ0n) is 2.99. The van der Waals surface area contributed by atoms with E-state index >= 15 is 0 Å². The molecule has 0 aromatic heterocycles. The maximum atomic E-state index is 5.03. The van der Waals surface area contributed by atoms with Gasteiger partial charge in [-0.2, -0.15) is 0 Å². The number of nitrogens with two attached hydrogens (primary N) is 1. The highest BCUT2D eigenvalue weighted by molar-refractivity contribution is 4.19. The third-order valence-electron chi connectivity index (χ3n) is 0.289. The summed E-state index contributed by atoms with van der Waals surface area (Å²) in [5.74, 6) is 0. The minimum absolute atomic E-state index is 0.819. The molecule has 0 aromatic carbocycles. The summed E-state index contributed by atoms with van der Waals surface area (Å²) in [7, 11) is 0. The van der Waals surface area contributed by atoms with Crippen LogP contribution in [0.5, 0.6) is 0 Å². The van der Waals surface area contributed by atoms with Crippen LogP contribution in [0.15, 0.2) is 0 Å². The van der Waals surface area contributed by atoms with Crippen molar-refractivity contribution in [2.45, 2.75) is 13.3 Å². The van der Waals surface area contributed by atoms with Crippen LogP contribution in [0.1, 0.15) is 13.3 Å². The number of hydrogen-bond acceptors (Lipinski definition) is 1. The van der Waals surface area contributed by atoms with E-state index in [0.717, 1.165) is 13.0 Å². The van der Waals surface area contributed by atoms with Crippen molar-refractivity contribution in [3.63, 3.8) is 0 Å². The Morgan fingerprint density at radius 3 is 2.00 bits per heavy atom. The molecule has 0 saturated heterocycles. The van der Waals surface area contributed by atoms with Gasteiger partial charge in [0.2, 0.25) is 0 Å². The molecule has 1 heteroatoms. The van der Waals surface area contributed by atoms with E-state index < -0.39 is 0 Å². The quantitative estimate of drug-likeness (QED) is 0.345. The molecule has 0 amide bonds. The monoisotopic (exact) mass is 63.1 g/mol. The summed E-state index contributed by atoms with van der Waals surface area (Å²) in [6.07, 6.45) is 1.10. The molecular weight excluding hydrogens is 54.0 g/mol. The van der Waals surface area contributed by atoms with E-state index in [1.807, 2.05) is 0 Å². The second-order valence-corrected chi connectivity index (χ2v) is 0.789. The van der Waals surface area contributed by atoms with Gasteiger partial charge in [-0.1, -0.05) is 6.92 Å². The minimum atomic E-state index is 0.819. The van der Waals surface area contributed by atoms with Gasteiger partial charge >= 0.3 is 0 Å². The van der Waals surface area contributed by atoms with E-state index in [2.05, 4.69) is 6.92 Å². The number of rotatable bonds is 1. The summed E-state index contributed by atoms with van der Waals surface area (Å²) in [5, 5.41) is 0. The zero-order chi connectivity index (χ0) is 3.41. The highest BCUT2D eigenvalue weighted by Gasteiger charge is 1.55. The summed E-state index contributed by atoms with van der Waals surface area (Å²) in [5.41, 5.74) is 5.03. The summed E-state index contributed by atoms with van der Waals surface area (Å²) < 4.78 is 0. The molecule has 4 heavy (non-hydrogen) atoms. The van der Waals surface area contributed by atoms with Gasteiger partial charge in [0.25, 0.3) is 0 Å². The normalized spacial score (nSPS) is 7.50. The van der Waals surface area contributed by atoms with Crippen LogP contribution in [0.4, 0.5) is 0 Å². The predicted molar refractivity (Wildman–Crippen MR) is 19.3 cm³/mol. The Hall–Kier alpha value is -0.0400. The molecule has 0 unspecified atom stereocenters. The van der Waals surface area contributed by atoms with E-state index in [4.69, 9.17) is 5.73 Å². The Labute approximate surface area is 26.8 Å². The molecule has 0 atom stereocenters. The molecule has 0 saturated carbocycles. The highest BCUT2D eigenvalue weighted by Crippen LogP contribution is 1.57. The molecular formula is C3H9N. The Balaban J connectivity index is 1.97. The van der Waals surface area contributed by atoms with Crippen LogP contribution < -0.4 is 5.73 Å². The van der Waals surface area contributed by atoms with Crippen molar-refractivity contribution >= 4 is 0 Å². The van der Waals surface area contributed by atoms with E-state index in [9.17, 15) is 0 Å². The van der Waals surface area contributed by atoms with Gasteiger partial charge in [-0.25, -0.2) is 0 Å². The summed E-state index contributed by atoms with van der Waals surface area (Å²) in [6, 6.07) is 0. The Morgan fingerprint density at radius 1 is 1.75 bits per heavy atom. The molecule has 0 aromatic rings. The summed E-state index contributed by atoms with van der Waals surface area (Å²) in [4.78, 5) is 0. The smallest absolute Gasteiger partial charge is 0.00799 e. The average molecular weight is 63.1 g/mol. The predicted octanol–water partition coefficient (Wildman–Crippen LogP) is 0.355. The summed E-state index contributed by atoms with van der Waals surface area (Å²) in [6.45, 7) is 2.88. The molecule has 0 heterocycles. The number of hydrogen-bond donors (Lipinski definition) is 1. The maximum absolute atomic E-state index is 5.03.